The molecule has 2 heterocycles. The maximum absolute atomic E-state index is 9.56. The molecule has 0 unspecified atom stereocenters. The van der Waals surface area contributed by atoms with Crippen molar-refractivity contribution in [2.24, 2.45) is 0 Å². The summed E-state index contributed by atoms with van der Waals surface area (Å²) < 4.78 is 0. The van der Waals surface area contributed by atoms with Gasteiger partial charge in [-0.05, 0) is 34.2 Å². The Hall–Kier alpha value is -3.00. The minimum absolute atomic E-state index is 0.588. The lowest BCUT2D eigenvalue weighted by atomic mass is 10.0. The van der Waals surface area contributed by atoms with E-state index in [1.54, 1.807) is 11.3 Å². The van der Waals surface area contributed by atoms with Crippen LogP contribution in [0.3, 0.4) is 0 Å². The molecule has 0 radical (unpaired) electrons. The Bertz CT molecular complexity index is 1070. The highest BCUT2D eigenvalue weighted by atomic mass is 32.1. The minimum Gasteiger partial charge on any atom is -0.234 e. The third-order valence-electron chi connectivity index (χ3n) is 3.96. The molecule has 2 aromatic heterocycles. The fraction of sp³-hybridized carbons (Fsp3) is 0. The number of thiazole rings is 1. The van der Waals surface area contributed by atoms with Gasteiger partial charge in [0, 0.05) is 5.38 Å². The third kappa shape index (κ3) is 3.50. The van der Waals surface area contributed by atoms with Gasteiger partial charge in [0.1, 0.15) is 11.1 Å². The summed E-state index contributed by atoms with van der Waals surface area (Å²) in [5, 5.41) is 14.4. The lowest BCUT2D eigenvalue weighted by Crippen LogP contribution is -1.82. The van der Waals surface area contributed by atoms with Crippen LogP contribution < -0.4 is 0 Å². The lowest BCUT2D eigenvalue weighted by molar-refractivity contribution is 1.38. The molecule has 0 aliphatic carbocycles. The second kappa shape index (κ2) is 7.49. The molecule has 124 valence electrons. The molecule has 0 saturated carbocycles. The van der Waals surface area contributed by atoms with Crippen LogP contribution in [0, 0.1) is 11.3 Å². The van der Waals surface area contributed by atoms with Gasteiger partial charge in [-0.15, -0.1) is 22.7 Å². The molecule has 0 amide bonds. The van der Waals surface area contributed by atoms with E-state index in [1.807, 2.05) is 59.3 Å². The second-order valence-corrected chi connectivity index (χ2v) is 7.48. The zero-order valence-corrected chi connectivity index (χ0v) is 15.4. The van der Waals surface area contributed by atoms with Gasteiger partial charge in [-0.3, -0.25) is 0 Å². The Labute approximate surface area is 160 Å². The predicted octanol–water partition coefficient (Wildman–Crippen LogP) is 6.60. The van der Waals surface area contributed by atoms with Crippen molar-refractivity contribution in [2.75, 3.05) is 0 Å². The summed E-state index contributed by atoms with van der Waals surface area (Å²) in [4.78, 5) is 5.75. The number of benzene rings is 2. The Morgan fingerprint density at radius 1 is 0.885 bits per heavy atom. The van der Waals surface area contributed by atoms with Crippen molar-refractivity contribution >= 4 is 34.3 Å². The highest BCUT2D eigenvalue weighted by Gasteiger charge is 2.09. The van der Waals surface area contributed by atoms with Gasteiger partial charge in [0.2, 0.25) is 0 Å². The Balaban J connectivity index is 1.61. The summed E-state index contributed by atoms with van der Waals surface area (Å²) in [5.41, 5.74) is 4.86. The Morgan fingerprint density at radius 3 is 2.35 bits per heavy atom. The zero-order chi connectivity index (χ0) is 17.8. The number of allylic oxidation sites excluding steroid dienone is 1. The fourth-order valence-electron chi connectivity index (χ4n) is 2.65. The molecule has 26 heavy (non-hydrogen) atoms. The van der Waals surface area contributed by atoms with Gasteiger partial charge in [-0.2, -0.15) is 5.26 Å². The first kappa shape index (κ1) is 16.5. The number of nitriles is 1. The van der Waals surface area contributed by atoms with E-state index >= 15 is 0 Å². The quantitative estimate of drug-likeness (QED) is 0.379. The molecule has 0 atom stereocenters. The molecule has 4 rings (SSSR count). The number of thiophene rings is 1. The van der Waals surface area contributed by atoms with Gasteiger partial charge in [0.05, 0.1) is 16.1 Å². The van der Waals surface area contributed by atoms with Gasteiger partial charge in [0.25, 0.3) is 0 Å². The first-order valence-electron chi connectivity index (χ1n) is 8.10. The van der Waals surface area contributed by atoms with Crippen LogP contribution in [-0.2, 0) is 0 Å². The molecule has 2 aromatic carbocycles. The molecule has 0 spiro atoms. The van der Waals surface area contributed by atoms with E-state index in [-0.39, 0.29) is 0 Å². The van der Waals surface area contributed by atoms with Crippen LogP contribution in [-0.4, -0.2) is 4.98 Å². The van der Waals surface area contributed by atoms with E-state index in [4.69, 9.17) is 0 Å². The smallest absolute Gasteiger partial charge is 0.134 e. The second-order valence-electron chi connectivity index (χ2n) is 5.67. The van der Waals surface area contributed by atoms with Crippen molar-refractivity contribution < 1.29 is 0 Å². The number of hydrogen-bond acceptors (Lipinski definition) is 4. The Morgan fingerprint density at radius 2 is 1.65 bits per heavy atom. The van der Waals surface area contributed by atoms with Crippen LogP contribution in [0.2, 0.25) is 0 Å². The van der Waals surface area contributed by atoms with E-state index in [0.717, 1.165) is 26.7 Å². The van der Waals surface area contributed by atoms with E-state index < -0.39 is 0 Å². The van der Waals surface area contributed by atoms with Gasteiger partial charge in [-0.1, -0.05) is 60.7 Å². The SMILES string of the molecule is N#CC(=Cc1ccc(-c2ccccc2)cc1)c1nc(-c2cccs2)cs1. The molecule has 0 N–H and O–H groups in total. The van der Waals surface area contributed by atoms with E-state index in [2.05, 4.69) is 35.3 Å². The third-order valence-corrected chi connectivity index (χ3v) is 5.73. The van der Waals surface area contributed by atoms with Crippen LogP contribution in [0.25, 0.3) is 33.3 Å². The number of rotatable bonds is 4. The van der Waals surface area contributed by atoms with Crippen molar-refractivity contribution in [3.05, 3.63) is 88.1 Å². The number of aromatic nitrogens is 1. The van der Waals surface area contributed by atoms with Crippen molar-refractivity contribution in [1.29, 1.82) is 5.26 Å². The molecule has 2 nitrogen and oxygen atoms in total. The summed E-state index contributed by atoms with van der Waals surface area (Å²) in [6.45, 7) is 0. The van der Waals surface area contributed by atoms with Crippen LogP contribution in [0.4, 0.5) is 0 Å². The van der Waals surface area contributed by atoms with E-state index in [9.17, 15) is 5.26 Å². The first-order valence-corrected chi connectivity index (χ1v) is 9.86. The maximum atomic E-state index is 9.56. The Kier molecular flexibility index (Phi) is 4.74. The van der Waals surface area contributed by atoms with Gasteiger partial charge < -0.3 is 0 Å². The maximum Gasteiger partial charge on any atom is 0.134 e. The summed E-state index contributed by atoms with van der Waals surface area (Å²) >= 11 is 3.16. The average molecular weight is 371 g/mol. The molecule has 0 saturated heterocycles. The fourth-order valence-corrected chi connectivity index (χ4v) is 4.19. The first-order chi connectivity index (χ1) is 12.8. The molecule has 4 aromatic rings. The lowest BCUT2D eigenvalue weighted by Gasteiger charge is -2.02. The number of nitrogens with zero attached hydrogens (tertiary/aromatic N) is 2. The van der Waals surface area contributed by atoms with Gasteiger partial charge >= 0.3 is 0 Å². The average Bonchev–Trinajstić information content (AvgIpc) is 3.39. The van der Waals surface area contributed by atoms with Crippen LogP contribution in [0.5, 0.6) is 0 Å². The predicted molar refractivity (Wildman–Crippen MR) is 111 cm³/mol. The van der Waals surface area contributed by atoms with Gasteiger partial charge in [-0.25, -0.2) is 4.98 Å². The molecule has 0 bridgehead atoms. The molecule has 4 heteroatoms. The molecular formula is C22H14N2S2. The minimum atomic E-state index is 0.588. The number of hydrogen-bond donors (Lipinski definition) is 0. The van der Waals surface area contributed by atoms with E-state index in [1.165, 1.54) is 16.9 Å². The molecular weight excluding hydrogens is 356 g/mol. The van der Waals surface area contributed by atoms with Crippen molar-refractivity contribution in [2.45, 2.75) is 0 Å². The molecule has 0 aliphatic rings. The topological polar surface area (TPSA) is 36.7 Å². The summed E-state index contributed by atoms with van der Waals surface area (Å²) in [6.07, 6.45) is 1.89. The molecule has 0 fully saturated rings. The van der Waals surface area contributed by atoms with Crippen LogP contribution >= 0.6 is 22.7 Å². The van der Waals surface area contributed by atoms with Gasteiger partial charge in [0.15, 0.2) is 0 Å². The zero-order valence-electron chi connectivity index (χ0n) is 13.8. The largest absolute Gasteiger partial charge is 0.234 e. The highest BCUT2D eigenvalue weighted by Crippen LogP contribution is 2.30. The van der Waals surface area contributed by atoms with Crippen molar-refractivity contribution in [3.8, 4) is 27.8 Å². The van der Waals surface area contributed by atoms with E-state index in [0.29, 0.717) is 5.57 Å². The standard InChI is InChI=1S/C22H14N2S2/c23-14-19(22-24-20(15-26-22)21-7-4-12-25-21)13-16-8-10-18(11-9-16)17-5-2-1-3-6-17/h1-13,15H. The normalized spacial score (nSPS) is 11.3. The van der Waals surface area contributed by atoms with Crippen molar-refractivity contribution in [1.82, 2.24) is 4.98 Å². The van der Waals surface area contributed by atoms with Crippen LogP contribution in [0.15, 0.2) is 77.5 Å². The highest BCUT2D eigenvalue weighted by molar-refractivity contribution is 7.14. The van der Waals surface area contributed by atoms with Crippen LogP contribution in [0.1, 0.15) is 10.6 Å². The molecule has 0 aliphatic heterocycles. The summed E-state index contributed by atoms with van der Waals surface area (Å²) in [5.74, 6) is 0. The van der Waals surface area contributed by atoms with Crippen molar-refractivity contribution in [3.63, 3.8) is 0 Å². The summed E-state index contributed by atoms with van der Waals surface area (Å²) in [7, 11) is 0. The monoisotopic (exact) mass is 370 g/mol. The summed E-state index contributed by atoms with van der Waals surface area (Å²) in [6, 6.07) is 24.8.